The molecule has 1 fully saturated rings. The van der Waals surface area contributed by atoms with Crippen molar-refractivity contribution in [1.82, 2.24) is 9.88 Å². The van der Waals surface area contributed by atoms with Gasteiger partial charge in [0.15, 0.2) is 0 Å². The molecule has 1 saturated heterocycles. The molecule has 4 rings (SSSR count). The van der Waals surface area contributed by atoms with Crippen LogP contribution in [0.5, 0.6) is 0 Å². The molecule has 4 heteroatoms. The molecule has 2 aromatic rings. The van der Waals surface area contributed by atoms with Gasteiger partial charge < -0.3 is 5.32 Å². The number of hydrogen-bond donors (Lipinski definition) is 1. The first kappa shape index (κ1) is 16.3. The molecular weight excluding hydrogens is 310 g/mol. The molecule has 4 nitrogen and oxygen atoms in total. The number of rotatable bonds is 4. The first-order valence-corrected chi connectivity index (χ1v) is 9.33. The molecule has 25 heavy (non-hydrogen) atoms. The Hall–Kier alpha value is -2.20. The summed E-state index contributed by atoms with van der Waals surface area (Å²) >= 11 is 0. The van der Waals surface area contributed by atoms with Crippen LogP contribution in [0.2, 0.25) is 0 Å². The van der Waals surface area contributed by atoms with E-state index in [-0.39, 0.29) is 5.91 Å². The van der Waals surface area contributed by atoms with E-state index in [0.717, 1.165) is 38.0 Å². The van der Waals surface area contributed by atoms with Crippen LogP contribution in [0.1, 0.15) is 42.0 Å². The number of carbonyl (C=O) groups is 1. The van der Waals surface area contributed by atoms with E-state index in [0.29, 0.717) is 12.5 Å². The lowest BCUT2D eigenvalue weighted by molar-refractivity contribution is -0.117. The Morgan fingerprint density at radius 3 is 2.76 bits per heavy atom. The Balaban J connectivity index is 1.28. The minimum atomic E-state index is 0.0919. The Bertz CT molecular complexity index is 736. The van der Waals surface area contributed by atoms with E-state index < -0.39 is 0 Å². The molecule has 130 valence electrons. The second kappa shape index (κ2) is 7.36. The Kier molecular flexibility index (Phi) is 4.79. The van der Waals surface area contributed by atoms with E-state index in [1.54, 1.807) is 0 Å². The number of aromatic nitrogens is 1. The van der Waals surface area contributed by atoms with Gasteiger partial charge in [-0.05, 0) is 80.6 Å². The molecule has 1 aromatic carbocycles. The monoisotopic (exact) mass is 335 g/mol. The number of carbonyl (C=O) groups excluding carboxylic acids is 1. The molecule has 1 N–H and O–H groups in total. The number of hydrogen-bond acceptors (Lipinski definition) is 3. The van der Waals surface area contributed by atoms with Crippen molar-refractivity contribution in [3.63, 3.8) is 0 Å². The SMILES string of the molecule is O=C(CN1CCC(c2ccccn2)CC1)Nc1ccc2c(c1)CCC2. The summed E-state index contributed by atoms with van der Waals surface area (Å²) in [4.78, 5) is 19.1. The molecule has 0 radical (unpaired) electrons. The molecule has 2 heterocycles. The van der Waals surface area contributed by atoms with Crippen molar-refractivity contribution in [2.24, 2.45) is 0 Å². The van der Waals surface area contributed by atoms with Crippen LogP contribution in [0.3, 0.4) is 0 Å². The highest BCUT2D eigenvalue weighted by molar-refractivity contribution is 5.92. The highest BCUT2D eigenvalue weighted by atomic mass is 16.2. The standard InChI is InChI=1S/C21H25N3O/c25-21(23-19-8-7-16-4-3-5-18(16)14-19)15-24-12-9-17(10-13-24)20-6-1-2-11-22-20/h1-2,6-8,11,14,17H,3-5,9-10,12-13,15H2,(H,23,25). The fourth-order valence-electron chi connectivity index (χ4n) is 4.06. The average molecular weight is 335 g/mol. The number of nitrogens with zero attached hydrogens (tertiary/aromatic N) is 2. The molecule has 1 aliphatic heterocycles. The number of amides is 1. The summed E-state index contributed by atoms with van der Waals surface area (Å²) in [7, 11) is 0. The number of aryl methyl sites for hydroxylation is 2. The molecule has 0 spiro atoms. The van der Waals surface area contributed by atoms with Crippen LogP contribution in [0.4, 0.5) is 5.69 Å². The third-order valence-electron chi connectivity index (χ3n) is 5.44. The van der Waals surface area contributed by atoms with Crippen molar-refractivity contribution in [3.8, 4) is 0 Å². The van der Waals surface area contributed by atoms with Crippen LogP contribution in [-0.2, 0) is 17.6 Å². The number of fused-ring (bicyclic) bond motifs is 1. The zero-order valence-corrected chi connectivity index (χ0v) is 14.6. The van der Waals surface area contributed by atoms with Crippen LogP contribution in [0.15, 0.2) is 42.6 Å². The molecule has 0 unspecified atom stereocenters. The number of pyridine rings is 1. The molecule has 0 bridgehead atoms. The predicted molar refractivity (Wildman–Crippen MR) is 99.7 cm³/mol. The molecule has 1 aliphatic carbocycles. The van der Waals surface area contributed by atoms with Gasteiger partial charge in [0.25, 0.3) is 0 Å². The van der Waals surface area contributed by atoms with Crippen LogP contribution in [0.25, 0.3) is 0 Å². The number of benzene rings is 1. The number of piperidine rings is 1. The zero-order valence-electron chi connectivity index (χ0n) is 14.6. The van der Waals surface area contributed by atoms with E-state index in [4.69, 9.17) is 0 Å². The smallest absolute Gasteiger partial charge is 0.238 e. The third-order valence-corrected chi connectivity index (χ3v) is 5.44. The molecular formula is C21H25N3O. The zero-order chi connectivity index (χ0) is 17.1. The van der Waals surface area contributed by atoms with Crippen LogP contribution in [-0.4, -0.2) is 35.4 Å². The largest absolute Gasteiger partial charge is 0.325 e. The fraction of sp³-hybridized carbons (Fsp3) is 0.429. The van der Waals surface area contributed by atoms with Gasteiger partial charge in [0.2, 0.25) is 5.91 Å². The molecule has 2 aliphatic rings. The molecule has 0 saturated carbocycles. The summed E-state index contributed by atoms with van der Waals surface area (Å²) < 4.78 is 0. The van der Waals surface area contributed by atoms with Gasteiger partial charge in [-0.3, -0.25) is 14.7 Å². The summed E-state index contributed by atoms with van der Waals surface area (Å²) in [5.41, 5.74) is 4.96. The maximum atomic E-state index is 12.4. The van der Waals surface area contributed by atoms with E-state index in [1.807, 2.05) is 18.3 Å². The van der Waals surface area contributed by atoms with Crippen molar-refractivity contribution in [1.29, 1.82) is 0 Å². The summed E-state index contributed by atoms with van der Waals surface area (Å²) in [5.74, 6) is 0.617. The van der Waals surface area contributed by atoms with Gasteiger partial charge in [0, 0.05) is 23.5 Å². The first-order valence-electron chi connectivity index (χ1n) is 9.33. The maximum Gasteiger partial charge on any atom is 0.238 e. The van der Waals surface area contributed by atoms with Crippen LogP contribution < -0.4 is 5.32 Å². The van der Waals surface area contributed by atoms with E-state index in [1.165, 1.54) is 29.7 Å². The average Bonchev–Trinajstić information content (AvgIpc) is 3.11. The van der Waals surface area contributed by atoms with Crippen LogP contribution in [0, 0.1) is 0 Å². The minimum absolute atomic E-state index is 0.0919. The second-order valence-electron chi connectivity index (χ2n) is 7.19. The van der Waals surface area contributed by atoms with E-state index >= 15 is 0 Å². The summed E-state index contributed by atoms with van der Waals surface area (Å²) in [6.07, 6.45) is 7.56. The Labute approximate surface area is 149 Å². The van der Waals surface area contributed by atoms with E-state index in [2.05, 4.69) is 39.5 Å². The van der Waals surface area contributed by atoms with Gasteiger partial charge in [0.1, 0.15) is 0 Å². The summed E-state index contributed by atoms with van der Waals surface area (Å²) in [6.45, 7) is 2.39. The van der Waals surface area contributed by atoms with Gasteiger partial charge in [-0.1, -0.05) is 12.1 Å². The van der Waals surface area contributed by atoms with Gasteiger partial charge in [-0.2, -0.15) is 0 Å². The van der Waals surface area contributed by atoms with E-state index in [9.17, 15) is 4.79 Å². The first-order chi connectivity index (χ1) is 12.3. The minimum Gasteiger partial charge on any atom is -0.325 e. The lowest BCUT2D eigenvalue weighted by Gasteiger charge is -2.31. The lowest BCUT2D eigenvalue weighted by Crippen LogP contribution is -2.38. The fourth-order valence-corrected chi connectivity index (χ4v) is 4.06. The third kappa shape index (κ3) is 3.90. The highest BCUT2D eigenvalue weighted by Crippen LogP contribution is 2.27. The number of anilines is 1. The lowest BCUT2D eigenvalue weighted by atomic mass is 9.93. The Morgan fingerprint density at radius 2 is 1.96 bits per heavy atom. The maximum absolute atomic E-state index is 12.4. The van der Waals surface area contributed by atoms with Crippen LogP contribution >= 0.6 is 0 Å². The van der Waals surface area contributed by atoms with Crippen molar-refractivity contribution in [2.75, 3.05) is 25.0 Å². The molecule has 1 aromatic heterocycles. The van der Waals surface area contributed by atoms with Gasteiger partial charge in [0.05, 0.1) is 6.54 Å². The predicted octanol–water partition coefficient (Wildman–Crippen LogP) is 3.39. The van der Waals surface area contributed by atoms with Gasteiger partial charge in [-0.25, -0.2) is 0 Å². The normalized spacial score (nSPS) is 18.1. The van der Waals surface area contributed by atoms with Crippen molar-refractivity contribution >= 4 is 11.6 Å². The number of likely N-dealkylation sites (tertiary alicyclic amines) is 1. The molecule has 0 atom stereocenters. The van der Waals surface area contributed by atoms with Gasteiger partial charge in [-0.15, -0.1) is 0 Å². The summed E-state index contributed by atoms with van der Waals surface area (Å²) in [6, 6.07) is 12.5. The number of nitrogens with one attached hydrogen (secondary N) is 1. The van der Waals surface area contributed by atoms with Crippen molar-refractivity contribution in [3.05, 3.63) is 59.4 Å². The summed E-state index contributed by atoms with van der Waals surface area (Å²) in [5, 5.41) is 3.07. The second-order valence-corrected chi connectivity index (χ2v) is 7.19. The topological polar surface area (TPSA) is 45.2 Å². The Morgan fingerprint density at radius 1 is 1.12 bits per heavy atom. The van der Waals surface area contributed by atoms with Gasteiger partial charge >= 0.3 is 0 Å². The van der Waals surface area contributed by atoms with Crippen molar-refractivity contribution < 1.29 is 4.79 Å². The highest BCUT2D eigenvalue weighted by Gasteiger charge is 2.22. The van der Waals surface area contributed by atoms with Crippen molar-refractivity contribution in [2.45, 2.75) is 38.0 Å². The molecule has 1 amide bonds. The quantitative estimate of drug-likeness (QED) is 0.931.